The van der Waals surface area contributed by atoms with E-state index < -0.39 is 0 Å². The molecular formula is C13H22N4O2. The number of nitrogens with zero attached hydrogens (tertiary/aromatic N) is 1. The number of amides is 2. The number of likely N-dealkylation sites (N-methyl/N-ethyl adjacent to an activating group) is 1. The summed E-state index contributed by atoms with van der Waals surface area (Å²) in [5, 5.41) is 5.51. The van der Waals surface area contributed by atoms with E-state index in [1.807, 2.05) is 7.05 Å². The second-order valence-corrected chi connectivity index (χ2v) is 4.30. The van der Waals surface area contributed by atoms with Gasteiger partial charge < -0.3 is 26.0 Å². The van der Waals surface area contributed by atoms with Crippen molar-refractivity contribution in [3.05, 3.63) is 24.3 Å². The summed E-state index contributed by atoms with van der Waals surface area (Å²) < 4.78 is 4.98. The van der Waals surface area contributed by atoms with Crippen molar-refractivity contribution in [3.8, 4) is 0 Å². The molecule has 0 aliphatic carbocycles. The lowest BCUT2D eigenvalue weighted by molar-refractivity contribution is 0.161. The van der Waals surface area contributed by atoms with Crippen LogP contribution in [-0.2, 0) is 4.74 Å². The van der Waals surface area contributed by atoms with E-state index in [0.717, 1.165) is 13.1 Å². The van der Waals surface area contributed by atoms with Crippen LogP contribution in [-0.4, -0.2) is 51.3 Å². The highest BCUT2D eigenvalue weighted by atomic mass is 16.5. The summed E-state index contributed by atoms with van der Waals surface area (Å²) >= 11 is 0. The summed E-state index contributed by atoms with van der Waals surface area (Å²) in [5.41, 5.74) is 6.94. The lowest BCUT2D eigenvalue weighted by atomic mass is 10.3. The van der Waals surface area contributed by atoms with Crippen molar-refractivity contribution in [1.82, 2.24) is 10.2 Å². The van der Waals surface area contributed by atoms with Crippen LogP contribution in [0.1, 0.15) is 0 Å². The van der Waals surface area contributed by atoms with Crippen LogP contribution in [0.3, 0.4) is 0 Å². The van der Waals surface area contributed by atoms with Gasteiger partial charge in [0.15, 0.2) is 0 Å². The Morgan fingerprint density at radius 3 is 2.89 bits per heavy atom. The van der Waals surface area contributed by atoms with Crippen LogP contribution in [0.15, 0.2) is 24.3 Å². The van der Waals surface area contributed by atoms with Gasteiger partial charge in [-0.1, -0.05) is 6.07 Å². The van der Waals surface area contributed by atoms with Gasteiger partial charge in [0.05, 0.1) is 6.61 Å². The van der Waals surface area contributed by atoms with Gasteiger partial charge in [0, 0.05) is 38.1 Å². The fourth-order valence-electron chi connectivity index (χ4n) is 1.51. The molecule has 6 nitrogen and oxygen atoms in total. The summed E-state index contributed by atoms with van der Waals surface area (Å²) in [5.74, 6) is 0. The van der Waals surface area contributed by atoms with Gasteiger partial charge in [-0.15, -0.1) is 0 Å². The number of carbonyl (C=O) groups is 1. The third-order valence-electron chi connectivity index (χ3n) is 2.60. The molecule has 19 heavy (non-hydrogen) atoms. The first kappa shape index (κ1) is 15.3. The van der Waals surface area contributed by atoms with Crippen molar-refractivity contribution in [2.75, 3.05) is 51.4 Å². The number of rotatable bonds is 7. The molecule has 0 saturated heterocycles. The zero-order chi connectivity index (χ0) is 14.1. The standard InChI is InChI=1S/C13H22N4O2/c1-17(8-9-19-2)7-6-15-13(18)16-12-5-3-4-11(14)10-12/h3-5,10H,6-9,14H2,1-2H3,(H2,15,16,18). The number of hydrogen-bond acceptors (Lipinski definition) is 4. The zero-order valence-electron chi connectivity index (χ0n) is 11.5. The van der Waals surface area contributed by atoms with Crippen LogP contribution >= 0.6 is 0 Å². The number of hydrogen-bond donors (Lipinski definition) is 3. The van der Waals surface area contributed by atoms with E-state index in [1.54, 1.807) is 31.4 Å². The topological polar surface area (TPSA) is 79.6 Å². The Labute approximate surface area is 113 Å². The van der Waals surface area contributed by atoms with Gasteiger partial charge in [0.2, 0.25) is 0 Å². The predicted octanol–water partition coefficient (Wildman–Crippen LogP) is 0.968. The molecule has 0 radical (unpaired) electrons. The molecule has 0 aromatic heterocycles. The molecule has 6 heteroatoms. The zero-order valence-corrected chi connectivity index (χ0v) is 11.5. The average Bonchev–Trinajstić information content (AvgIpc) is 2.36. The Hall–Kier alpha value is -1.79. The van der Waals surface area contributed by atoms with Crippen molar-refractivity contribution >= 4 is 17.4 Å². The third kappa shape index (κ3) is 6.64. The van der Waals surface area contributed by atoms with Crippen molar-refractivity contribution in [2.24, 2.45) is 0 Å². The summed E-state index contributed by atoms with van der Waals surface area (Å²) in [6.07, 6.45) is 0. The van der Waals surface area contributed by atoms with Crippen molar-refractivity contribution in [3.63, 3.8) is 0 Å². The minimum absolute atomic E-state index is 0.231. The summed E-state index contributed by atoms with van der Waals surface area (Å²) in [7, 11) is 3.65. The van der Waals surface area contributed by atoms with Gasteiger partial charge >= 0.3 is 6.03 Å². The third-order valence-corrected chi connectivity index (χ3v) is 2.60. The minimum atomic E-state index is -0.231. The monoisotopic (exact) mass is 266 g/mol. The van der Waals surface area contributed by atoms with Crippen molar-refractivity contribution < 1.29 is 9.53 Å². The first-order valence-corrected chi connectivity index (χ1v) is 6.19. The normalized spacial score (nSPS) is 10.5. The highest BCUT2D eigenvalue weighted by Gasteiger charge is 2.02. The van der Waals surface area contributed by atoms with E-state index >= 15 is 0 Å². The number of anilines is 2. The van der Waals surface area contributed by atoms with E-state index in [-0.39, 0.29) is 6.03 Å². The lowest BCUT2D eigenvalue weighted by Crippen LogP contribution is -2.36. The maximum atomic E-state index is 11.6. The van der Waals surface area contributed by atoms with Crippen LogP contribution in [0.4, 0.5) is 16.2 Å². The second kappa shape index (κ2) is 8.34. The van der Waals surface area contributed by atoms with Crippen LogP contribution in [0.5, 0.6) is 0 Å². The largest absolute Gasteiger partial charge is 0.399 e. The average molecular weight is 266 g/mol. The summed E-state index contributed by atoms with van der Waals surface area (Å²) in [6.45, 7) is 2.88. The molecule has 4 N–H and O–H groups in total. The van der Waals surface area contributed by atoms with Crippen molar-refractivity contribution in [1.29, 1.82) is 0 Å². The molecule has 0 atom stereocenters. The van der Waals surface area contributed by atoms with Crippen LogP contribution in [0.25, 0.3) is 0 Å². The first-order valence-electron chi connectivity index (χ1n) is 6.19. The second-order valence-electron chi connectivity index (χ2n) is 4.30. The van der Waals surface area contributed by atoms with E-state index in [9.17, 15) is 4.79 Å². The number of nitrogen functional groups attached to an aromatic ring is 1. The Morgan fingerprint density at radius 2 is 2.21 bits per heavy atom. The van der Waals surface area contributed by atoms with Crippen molar-refractivity contribution in [2.45, 2.75) is 0 Å². The molecule has 0 fully saturated rings. The highest BCUT2D eigenvalue weighted by molar-refractivity contribution is 5.89. The molecule has 0 aliphatic heterocycles. The molecule has 1 aromatic carbocycles. The number of methoxy groups -OCH3 is 1. The maximum absolute atomic E-state index is 11.6. The predicted molar refractivity (Wildman–Crippen MR) is 77.2 cm³/mol. The van der Waals surface area contributed by atoms with E-state index in [1.165, 1.54) is 0 Å². The Kier molecular flexibility index (Phi) is 6.70. The fourth-order valence-corrected chi connectivity index (χ4v) is 1.51. The van der Waals surface area contributed by atoms with Gasteiger partial charge in [-0.3, -0.25) is 0 Å². The number of ether oxygens (including phenoxy) is 1. The van der Waals surface area contributed by atoms with Crippen LogP contribution in [0, 0.1) is 0 Å². The molecular weight excluding hydrogens is 244 g/mol. The number of nitrogens with two attached hydrogens (primary N) is 1. The quantitative estimate of drug-likeness (QED) is 0.642. The molecule has 0 spiro atoms. The molecule has 1 rings (SSSR count). The molecule has 0 bridgehead atoms. The smallest absolute Gasteiger partial charge is 0.319 e. The van der Waals surface area contributed by atoms with Gasteiger partial charge in [0.1, 0.15) is 0 Å². The molecule has 0 unspecified atom stereocenters. The summed E-state index contributed by atoms with van der Waals surface area (Å²) in [4.78, 5) is 13.7. The van der Waals surface area contributed by atoms with Crippen LogP contribution < -0.4 is 16.4 Å². The Morgan fingerprint density at radius 1 is 1.42 bits per heavy atom. The molecule has 0 saturated carbocycles. The first-order chi connectivity index (χ1) is 9.11. The van der Waals surface area contributed by atoms with Gasteiger partial charge in [0.25, 0.3) is 0 Å². The van der Waals surface area contributed by atoms with E-state index in [4.69, 9.17) is 10.5 Å². The fraction of sp³-hybridized carbons (Fsp3) is 0.462. The lowest BCUT2D eigenvalue weighted by Gasteiger charge is -2.16. The molecule has 0 heterocycles. The van der Waals surface area contributed by atoms with Crippen LogP contribution in [0.2, 0.25) is 0 Å². The van der Waals surface area contributed by atoms with E-state index in [2.05, 4.69) is 15.5 Å². The number of carbonyl (C=O) groups excluding carboxylic acids is 1. The highest BCUT2D eigenvalue weighted by Crippen LogP contribution is 2.11. The Bertz CT molecular complexity index is 398. The SMILES string of the molecule is COCCN(C)CCNC(=O)Nc1cccc(N)c1. The van der Waals surface area contributed by atoms with E-state index in [0.29, 0.717) is 24.5 Å². The molecule has 1 aromatic rings. The van der Waals surface area contributed by atoms with Gasteiger partial charge in [-0.25, -0.2) is 4.79 Å². The Balaban J connectivity index is 2.21. The summed E-state index contributed by atoms with van der Waals surface area (Å²) in [6, 6.07) is 6.84. The number of nitrogens with one attached hydrogen (secondary N) is 2. The maximum Gasteiger partial charge on any atom is 0.319 e. The molecule has 2 amide bonds. The number of benzene rings is 1. The van der Waals surface area contributed by atoms with Gasteiger partial charge in [-0.05, 0) is 25.2 Å². The molecule has 0 aliphatic rings. The minimum Gasteiger partial charge on any atom is -0.399 e. The number of urea groups is 1. The van der Waals surface area contributed by atoms with Gasteiger partial charge in [-0.2, -0.15) is 0 Å². The molecule has 106 valence electrons.